The van der Waals surface area contributed by atoms with E-state index in [1.807, 2.05) is 44.2 Å². The highest BCUT2D eigenvalue weighted by Gasteiger charge is 2.27. The summed E-state index contributed by atoms with van der Waals surface area (Å²) in [7, 11) is 0. The van der Waals surface area contributed by atoms with Crippen LogP contribution in [0, 0.1) is 0 Å². The molecule has 0 atom stereocenters. The van der Waals surface area contributed by atoms with Gasteiger partial charge >= 0.3 is 5.97 Å². The van der Waals surface area contributed by atoms with Crippen LogP contribution < -0.4 is 10.6 Å². The van der Waals surface area contributed by atoms with Crippen molar-refractivity contribution in [3.63, 3.8) is 0 Å². The number of anilines is 2. The average Bonchev–Trinajstić information content (AvgIpc) is 2.92. The third-order valence-electron chi connectivity index (χ3n) is 3.98. The summed E-state index contributed by atoms with van der Waals surface area (Å²) >= 11 is 7.04. The molecule has 4 nitrogen and oxygen atoms in total. The Balaban J connectivity index is 1.83. The quantitative estimate of drug-likeness (QED) is 0.582. The summed E-state index contributed by atoms with van der Waals surface area (Å²) in [6.45, 7) is 3.73. The summed E-state index contributed by atoms with van der Waals surface area (Å²) in [6.07, 6.45) is 4.07. The molecule has 0 saturated heterocycles. The molecule has 1 aliphatic rings. The van der Waals surface area contributed by atoms with Crippen LogP contribution in [0.25, 0.3) is 0 Å². The SMILES string of the molecule is CC(C)OC(=O)c1c(NC(=S)Nc2ccccc2)sc2c1CCCC2. The van der Waals surface area contributed by atoms with Crippen molar-refractivity contribution in [2.24, 2.45) is 0 Å². The Bertz CT molecular complexity index is 769. The largest absolute Gasteiger partial charge is 0.459 e. The molecule has 6 heteroatoms. The Hall–Kier alpha value is -1.92. The lowest BCUT2D eigenvalue weighted by atomic mass is 9.95. The van der Waals surface area contributed by atoms with Crippen LogP contribution in [-0.2, 0) is 17.6 Å². The van der Waals surface area contributed by atoms with E-state index in [0.29, 0.717) is 10.7 Å². The Morgan fingerprint density at radius 1 is 1.16 bits per heavy atom. The number of thiocarbonyl (C=S) groups is 1. The minimum Gasteiger partial charge on any atom is -0.459 e. The van der Waals surface area contributed by atoms with Gasteiger partial charge in [0.2, 0.25) is 0 Å². The highest BCUT2D eigenvalue weighted by molar-refractivity contribution is 7.80. The number of benzene rings is 1. The fourth-order valence-corrected chi connectivity index (χ4v) is 4.50. The van der Waals surface area contributed by atoms with E-state index in [2.05, 4.69) is 10.6 Å². The van der Waals surface area contributed by atoms with Gasteiger partial charge in [0, 0.05) is 10.6 Å². The highest BCUT2D eigenvalue weighted by Crippen LogP contribution is 2.38. The van der Waals surface area contributed by atoms with E-state index in [0.717, 1.165) is 35.5 Å². The fourth-order valence-electron chi connectivity index (χ4n) is 2.93. The Morgan fingerprint density at radius 2 is 1.88 bits per heavy atom. The van der Waals surface area contributed by atoms with Crippen LogP contribution >= 0.6 is 23.6 Å². The van der Waals surface area contributed by atoms with Crippen LogP contribution in [0.1, 0.15) is 47.5 Å². The molecule has 0 spiro atoms. The number of nitrogens with one attached hydrogen (secondary N) is 2. The van der Waals surface area contributed by atoms with E-state index in [9.17, 15) is 4.79 Å². The molecular formula is C19H22N2O2S2. The van der Waals surface area contributed by atoms with E-state index >= 15 is 0 Å². The Kier molecular flexibility index (Phi) is 5.71. The minimum atomic E-state index is -0.264. The predicted octanol–water partition coefficient (Wildman–Crippen LogP) is 5.00. The van der Waals surface area contributed by atoms with Crippen LogP contribution in [0.2, 0.25) is 0 Å². The maximum atomic E-state index is 12.6. The zero-order chi connectivity index (χ0) is 17.8. The number of para-hydroxylation sites is 1. The summed E-state index contributed by atoms with van der Waals surface area (Å²) in [5.74, 6) is -0.264. The van der Waals surface area contributed by atoms with Gasteiger partial charge in [0.1, 0.15) is 5.00 Å². The summed E-state index contributed by atoms with van der Waals surface area (Å²) in [5.41, 5.74) is 2.70. The molecule has 0 radical (unpaired) electrons. The molecular weight excluding hydrogens is 352 g/mol. The van der Waals surface area contributed by atoms with Crippen molar-refractivity contribution < 1.29 is 9.53 Å². The lowest BCUT2D eigenvalue weighted by Gasteiger charge is -2.14. The molecule has 25 heavy (non-hydrogen) atoms. The van der Waals surface area contributed by atoms with Crippen molar-refractivity contribution in [3.05, 3.63) is 46.3 Å². The van der Waals surface area contributed by atoms with Crippen molar-refractivity contribution in [1.29, 1.82) is 0 Å². The number of esters is 1. The van der Waals surface area contributed by atoms with Gasteiger partial charge in [-0.3, -0.25) is 0 Å². The van der Waals surface area contributed by atoms with Crippen molar-refractivity contribution in [1.82, 2.24) is 0 Å². The fraction of sp³-hybridized carbons (Fsp3) is 0.368. The second kappa shape index (κ2) is 7.97. The van der Waals surface area contributed by atoms with Crippen LogP contribution in [-0.4, -0.2) is 17.2 Å². The molecule has 1 aromatic carbocycles. The number of carbonyl (C=O) groups is 1. The number of hydrogen-bond acceptors (Lipinski definition) is 4. The smallest absolute Gasteiger partial charge is 0.341 e. The third-order valence-corrected chi connectivity index (χ3v) is 5.39. The van der Waals surface area contributed by atoms with Gasteiger partial charge in [-0.05, 0) is 69.4 Å². The number of hydrogen-bond donors (Lipinski definition) is 2. The van der Waals surface area contributed by atoms with Gasteiger partial charge in [0.15, 0.2) is 5.11 Å². The van der Waals surface area contributed by atoms with Crippen molar-refractivity contribution in [2.75, 3.05) is 10.6 Å². The molecule has 0 saturated carbocycles. The van der Waals surface area contributed by atoms with Crippen molar-refractivity contribution in [2.45, 2.75) is 45.6 Å². The summed E-state index contributed by atoms with van der Waals surface area (Å²) in [5, 5.41) is 7.62. The van der Waals surface area contributed by atoms with Crippen LogP contribution in [0.15, 0.2) is 30.3 Å². The number of ether oxygens (including phenoxy) is 1. The van der Waals surface area contributed by atoms with Crippen LogP contribution in [0.4, 0.5) is 10.7 Å². The Morgan fingerprint density at radius 3 is 2.60 bits per heavy atom. The zero-order valence-electron chi connectivity index (χ0n) is 14.4. The monoisotopic (exact) mass is 374 g/mol. The lowest BCUT2D eigenvalue weighted by Crippen LogP contribution is -2.21. The number of aryl methyl sites for hydroxylation is 1. The Labute approximate surface area is 157 Å². The van der Waals surface area contributed by atoms with Gasteiger partial charge in [-0.25, -0.2) is 4.79 Å². The van der Waals surface area contributed by atoms with E-state index < -0.39 is 0 Å². The first-order chi connectivity index (χ1) is 12.0. The molecule has 1 heterocycles. The highest BCUT2D eigenvalue weighted by atomic mass is 32.1. The van der Waals surface area contributed by atoms with Gasteiger partial charge in [-0.1, -0.05) is 18.2 Å². The summed E-state index contributed by atoms with van der Waals surface area (Å²) < 4.78 is 5.47. The van der Waals surface area contributed by atoms with Crippen LogP contribution in [0.3, 0.4) is 0 Å². The first-order valence-electron chi connectivity index (χ1n) is 8.53. The standard InChI is InChI=1S/C19H22N2O2S2/c1-12(2)23-18(22)16-14-10-6-7-11-15(14)25-17(16)21-19(24)20-13-8-4-3-5-9-13/h3-5,8-9,12H,6-7,10-11H2,1-2H3,(H2,20,21,24). The number of fused-ring (bicyclic) bond motifs is 1. The zero-order valence-corrected chi connectivity index (χ0v) is 16.1. The van der Waals surface area contributed by atoms with Crippen molar-refractivity contribution >= 4 is 45.3 Å². The molecule has 2 aromatic rings. The predicted molar refractivity (Wildman–Crippen MR) is 108 cm³/mol. The molecule has 0 amide bonds. The lowest BCUT2D eigenvalue weighted by molar-refractivity contribution is 0.0378. The summed E-state index contributed by atoms with van der Waals surface area (Å²) in [4.78, 5) is 13.9. The second-order valence-corrected chi connectivity index (χ2v) is 7.83. The van der Waals surface area contributed by atoms with Gasteiger partial charge in [-0.15, -0.1) is 11.3 Å². The van der Waals surface area contributed by atoms with Gasteiger partial charge in [0.25, 0.3) is 0 Å². The van der Waals surface area contributed by atoms with Crippen LogP contribution in [0.5, 0.6) is 0 Å². The number of thiophene rings is 1. The molecule has 132 valence electrons. The molecule has 0 fully saturated rings. The number of rotatable bonds is 4. The van der Waals surface area contributed by atoms with Gasteiger partial charge < -0.3 is 15.4 Å². The number of carbonyl (C=O) groups excluding carboxylic acids is 1. The topological polar surface area (TPSA) is 50.4 Å². The summed E-state index contributed by atoms with van der Waals surface area (Å²) in [6, 6.07) is 9.73. The first kappa shape index (κ1) is 17.9. The molecule has 0 bridgehead atoms. The molecule has 1 aromatic heterocycles. The molecule has 1 aliphatic carbocycles. The second-order valence-electron chi connectivity index (χ2n) is 6.31. The molecule has 0 aliphatic heterocycles. The normalized spacial score (nSPS) is 13.2. The maximum Gasteiger partial charge on any atom is 0.341 e. The average molecular weight is 375 g/mol. The molecule has 0 unspecified atom stereocenters. The molecule has 2 N–H and O–H groups in total. The maximum absolute atomic E-state index is 12.6. The van der Waals surface area contributed by atoms with E-state index in [-0.39, 0.29) is 12.1 Å². The minimum absolute atomic E-state index is 0.145. The van der Waals surface area contributed by atoms with E-state index in [4.69, 9.17) is 17.0 Å². The van der Waals surface area contributed by atoms with Gasteiger partial charge in [-0.2, -0.15) is 0 Å². The molecule has 3 rings (SSSR count). The third kappa shape index (κ3) is 4.38. The first-order valence-corrected chi connectivity index (χ1v) is 9.75. The van der Waals surface area contributed by atoms with Crippen molar-refractivity contribution in [3.8, 4) is 0 Å². The van der Waals surface area contributed by atoms with Gasteiger partial charge in [0.05, 0.1) is 11.7 Å². The van der Waals surface area contributed by atoms with E-state index in [1.165, 1.54) is 11.3 Å². The van der Waals surface area contributed by atoms with E-state index in [1.54, 1.807) is 11.3 Å².